The molecule has 2 amide bonds. The summed E-state index contributed by atoms with van der Waals surface area (Å²) < 4.78 is 0. The van der Waals surface area contributed by atoms with E-state index in [1.807, 2.05) is 36.1 Å². The summed E-state index contributed by atoms with van der Waals surface area (Å²) in [5.74, 6) is 0.234. The number of hydrogen-bond acceptors (Lipinski definition) is 5. The van der Waals surface area contributed by atoms with Gasteiger partial charge in [0, 0.05) is 64.6 Å². The highest BCUT2D eigenvalue weighted by molar-refractivity contribution is 5.92. The largest absolute Gasteiger partial charge is 0.339 e. The second kappa shape index (κ2) is 11.6. The number of rotatable bonds is 7. The van der Waals surface area contributed by atoms with Crippen LogP contribution in [0.5, 0.6) is 0 Å². The molecule has 7 nitrogen and oxygen atoms in total. The van der Waals surface area contributed by atoms with Gasteiger partial charge in [-0.3, -0.25) is 24.3 Å². The molecule has 7 heteroatoms. The van der Waals surface area contributed by atoms with Crippen molar-refractivity contribution in [3.8, 4) is 0 Å². The first-order valence-corrected chi connectivity index (χ1v) is 12.3. The van der Waals surface area contributed by atoms with Crippen molar-refractivity contribution in [2.75, 3.05) is 70.8 Å². The fourth-order valence-corrected chi connectivity index (χ4v) is 4.66. The van der Waals surface area contributed by atoms with Crippen LogP contribution in [0, 0.1) is 13.8 Å². The Kier molecular flexibility index (Phi) is 8.32. The van der Waals surface area contributed by atoms with Gasteiger partial charge in [-0.15, -0.1) is 0 Å². The van der Waals surface area contributed by atoms with Gasteiger partial charge in [-0.05, 0) is 31.5 Å². The topological polar surface area (TPSA) is 59.1 Å². The Hall–Kier alpha value is -2.74. The summed E-state index contributed by atoms with van der Waals surface area (Å²) in [5, 5.41) is 2.97. The molecule has 2 aromatic carbocycles. The first-order chi connectivity index (χ1) is 16.4. The lowest BCUT2D eigenvalue weighted by Crippen LogP contribution is -2.54. The molecule has 4 rings (SSSR count). The highest BCUT2D eigenvalue weighted by Gasteiger charge is 2.25. The third-order valence-corrected chi connectivity index (χ3v) is 6.74. The third-order valence-electron chi connectivity index (χ3n) is 6.74. The molecule has 0 atom stereocenters. The summed E-state index contributed by atoms with van der Waals surface area (Å²) in [5.41, 5.74) is 4.63. The number of piperazine rings is 2. The van der Waals surface area contributed by atoms with E-state index < -0.39 is 0 Å². The Morgan fingerprint density at radius 3 is 2.00 bits per heavy atom. The average Bonchev–Trinajstić information content (AvgIpc) is 2.82. The van der Waals surface area contributed by atoms with E-state index >= 15 is 0 Å². The second-order valence-corrected chi connectivity index (χ2v) is 9.61. The fourth-order valence-electron chi connectivity index (χ4n) is 4.66. The molecule has 2 saturated heterocycles. The van der Waals surface area contributed by atoms with E-state index in [1.165, 1.54) is 16.7 Å². The fraction of sp³-hybridized carbons (Fsp3) is 0.481. The van der Waals surface area contributed by atoms with Gasteiger partial charge in [0.2, 0.25) is 11.8 Å². The quantitative estimate of drug-likeness (QED) is 0.682. The molecule has 0 spiro atoms. The van der Waals surface area contributed by atoms with E-state index in [9.17, 15) is 9.59 Å². The Balaban J connectivity index is 1.13. The molecule has 2 heterocycles. The van der Waals surface area contributed by atoms with E-state index in [0.29, 0.717) is 13.1 Å². The highest BCUT2D eigenvalue weighted by Crippen LogP contribution is 2.12. The molecule has 0 aliphatic carbocycles. The summed E-state index contributed by atoms with van der Waals surface area (Å²) >= 11 is 0. The molecule has 0 bridgehead atoms. The van der Waals surface area contributed by atoms with Crippen molar-refractivity contribution >= 4 is 17.5 Å². The average molecular weight is 464 g/mol. The van der Waals surface area contributed by atoms with Gasteiger partial charge in [0.15, 0.2) is 0 Å². The van der Waals surface area contributed by atoms with Crippen LogP contribution in [0.4, 0.5) is 5.69 Å². The predicted octanol–water partition coefficient (Wildman–Crippen LogP) is 2.20. The van der Waals surface area contributed by atoms with Gasteiger partial charge in [-0.25, -0.2) is 0 Å². The van der Waals surface area contributed by atoms with Crippen LogP contribution in [-0.4, -0.2) is 96.9 Å². The Labute approximate surface area is 203 Å². The standard InChI is InChI=1S/C27H37N5O2/c1-22-6-8-25(9-7-22)28-26(33)20-30-10-12-31(13-11-30)21-27(34)32-16-14-29(15-17-32)19-24-5-3-4-23(2)18-24/h3-9,18H,10-17,19-21H2,1-2H3,(H,28,33). The third kappa shape index (κ3) is 7.13. The van der Waals surface area contributed by atoms with E-state index in [-0.39, 0.29) is 11.8 Å². The molecule has 182 valence electrons. The molecule has 0 saturated carbocycles. The van der Waals surface area contributed by atoms with E-state index in [0.717, 1.165) is 64.6 Å². The summed E-state index contributed by atoms with van der Waals surface area (Å²) in [7, 11) is 0. The molecule has 2 aliphatic heterocycles. The first kappa shape index (κ1) is 24.4. The molecule has 0 unspecified atom stereocenters. The Morgan fingerprint density at radius 2 is 1.35 bits per heavy atom. The van der Waals surface area contributed by atoms with Crippen LogP contribution in [0.3, 0.4) is 0 Å². The number of aryl methyl sites for hydroxylation is 2. The summed E-state index contributed by atoms with van der Waals surface area (Å²) in [6.45, 7) is 12.6. The van der Waals surface area contributed by atoms with Gasteiger partial charge < -0.3 is 10.2 Å². The number of carbonyl (C=O) groups is 2. The number of nitrogens with zero attached hydrogens (tertiary/aromatic N) is 4. The van der Waals surface area contributed by atoms with Crippen LogP contribution in [0.1, 0.15) is 16.7 Å². The van der Waals surface area contributed by atoms with Crippen LogP contribution >= 0.6 is 0 Å². The highest BCUT2D eigenvalue weighted by atomic mass is 16.2. The Morgan fingerprint density at radius 1 is 0.735 bits per heavy atom. The molecular weight excluding hydrogens is 426 g/mol. The lowest BCUT2D eigenvalue weighted by Gasteiger charge is -2.38. The van der Waals surface area contributed by atoms with Crippen LogP contribution in [-0.2, 0) is 16.1 Å². The molecule has 0 aromatic heterocycles. The van der Waals surface area contributed by atoms with Crippen molar-refractivity contribution in [1.29, 1.82) is 0 Å². The van der Waals surface area contributed by atoms with Crippen molar-refractivity contribution in [2.45, 2.75) is 20.4 Å². The van der Waals surface area contributed by atoms with Crippen LogP contribution in [0.15, 0.2) is 48.5 Å². The van der Waals surface area contributed by atoms with E-state index in [2.05, 4.69) is 51.2 Å². The zero-order valence-electron chi connectivity index (χ0n) is 20.5. The molecular formula is C27H37N5O2. The van der Waals surface area contributed by atoms with Crippen molar-refractivity contribution < 1.29 is 9.59 Å². The minimum absolute atomic E-state index is 0.0110. The number of nitrogens with one attached hydrogen (secondary N) is 1. The van der Waals surface area contributed by atoms with Crippen molar-refractivity contribution in [3.63, 3.8) is 0 Å². The SMILES string of the molecule is Cc1ccc(NC(=O)CN2CCN(CC(=O)N3CCN(Cc4cccc(C)c4)CC3)CC2)cc1. The molecule has 0 radical (unpaired) electrons. The number of anilines is 1. The summed E-state index contributed by atoms with van der Waals surface area (Å²) in [4.78, 5) is 34.0. The number of hydrogen-bond donors (Lipinski definition) is 1. The second-order valence-electron chi connectivity index (χ2n) is 9.61. The maximum atomic E-state index is 12.9. The van der Waals surface area contributed by atoms with Gasteiger partial charge in [0.05, 0.1) is 13.1 Å². The normalized spacial score (nSPS) is 18.1. The van der Waals surface area contributed by atoms with Gasteiger partial charge in [0.1, 0.15) is 0 Å². The summed E-state index contributed by atoms with van der Waals surface area (Å²) in [6.07, 6.45) is 0. The first-order valence-electron chi connectivity index (χ1n) is 12.3. The Bertz CT molecular complexity index is 961. The van der Waals surface area contributed by atoms with Gasteiger partial charge in [-0.1, -0.05) is 47.5 Å². The molecule has 2 aliphatic rings. The number of carbonyl (C=O) groups excluding carboxylic acids is 2. The number of benzene rings is 2. The zero-order valence-corrected chi connectivity index (χ0v) is 20.5. The molecule has 34 heavy (non-hydrogen) atoms. The minimum atomic E-state index is 0.0110. The van der Waals surface area contributed by atoms with Crippen molar-refractivity contribution in [2.24, 2.45) is 0 Å². The van der Waals surface area contributed by atoms with Gasteiger partial charge >= 0.3 is 0 Å². The molecule has 2 fully saturated rings. The zero-order chi connectivity index (χ0) is 23.9. The predicted molar refractivity (Wildman–Crippen MR) is 136 cm³/mol. The number of amides is 2. The minimum Gasteiger partial charge on any atom is -0.339 e. The van der Waals surface area contributed by atoms with Gasteiger partial charge in [0.25, 0.3) is 0 Å². The maximum absolute atomic E-state index is 12.9. The van der Waals surface area contributed by atoms with Crippen molar-refractivity contribution in [3.05, 3.63) is 65.2 Å². The maximum Gasteiger partial charge on any atom is 0.238 e. The van der Waals surface area contributed by atoms with Crippen LogP contribution < -0.4 is 5.32 Å². The lowest BCUT2D eigenvalue weighted by atomic mass is 10.1. The van der Waals surface area contributed by atoms with Crippen molar-refractivity contribution in [1.82, 2.24) is 19.6 Å². The van der Waals surface area contributed by atoms with E-state index in [4.69, 9.17) is 0 Å². The summed E-state index contributed by atoms with van der Waals surface area (Å²) in [6, 6.07) is 16.5. The molecule has 2 aromatic rings. The van der Waals surface area contributed by atoms with Gasteiger partial charge in [-0.2, -0.15) is 0 Å². The van der Waals surface area contributed by atoms with Crippen LogP contribution in [0.25, 0.3) is 0 Å². The smallest absolute Gasteiger partial charge is 0.238 e. The monoisotopic (exact) mass is 463 g/mol. The lowest BCUT2D eigenvalue weighted by molar-refractivity contribution is -0.135. The van der Waals surface area contributed by atoms with E-state index in [1.54, 1.807) is 0 Å². The molecule has 1 N–H and O–H groups in total. The van der Waals surface area contributed by atoms with Crippen LogP contribution in [0.2, 0.25) is 0 Å².